The van der Waals surface area contributed by atoms with Gasteiger partial charge in [0, 0.05) is 6.08 Å². The zero-order valence-electron chi connectivity index (χ0n) is 13.8. The van der Waals surface area contributed by atoms with Crippen LogP contribution in [0.25, 0.3) is 12.2 Å². The summed E-state index contributed by atoms with van der Waals surface area (Å²) in [5, 5.41) is 8.96. The van der Waals surface area contributed by atoms with E-state index in [1.54, 1.807) is 24.3 Å². The van der Waals surface area contributed by atoms with Gasteiger partial charge in [0.15, 0.2) is 0 Å². The van der Waals surface area contributed by atoms with Crippen LogP contribution in [-0.2, 0) is 14.3 Å². The fraction of sp³-hybridized carbons (Fsp3) is 0.0500. The van der Waals surface area contributed by atoms with Crippen LogP contribution in [0.2, 0.25) is 0 Å². The lowest BCUT2D eigenvalue weighted by molar-refractivity contribution is -0.135. The summed E-state index contributed by atoms with van der Waals surface area (Å²) in [6.07, 6.45) is 4.04. The molecule has 0 aliphatic carbocycles. The summed E-state index contributed by atoms with van der Waals surface area (Å²) < 4.78 is 22.5. The molecular weight excluding hydrogens is 337 g/mol. The lowest BCUT2D eigenvalue weighted by atomic mass is 10.1. The third-order valence-corrected chi connectivity index (χ3v) is 3.20. The van der Waals surface area contributed by atoms with E-state index in [0.717, 1.165) is 0 Å². The molecule has 0 heterocycles. The second kappa shape index (κ2) is 8.94. The Morgan fingerprint density at radius 2 is 1.85 bits per heavy atom. The monoisotopic (exact) mass is 351 g/mol. The van der Waals surface area contributed by atoms with E-state index in [-0.39, 0.29) is 17.1 Å². The Hall–Kier alpha value is -3.72. The zero-order valence-corrected chi connectivity index (χ0v) is 13.8. The minimum atomic E-state index is -0.753. The molecule has 0 saturated carbocycles. The fourth-order valence-corrected chi connectivity index (χ4v) is 1.97. The van der Waals surface area contributed by atoms with Crippen LogP contribution < -0.4 is 4.74 Å². The summed E-state index contributed by atoms with van der Waals surface area (Å²) in [6, 6.07) is 13.7. The number of benzene rings is 2. The third kappa shape index (κ3) is 5.42. The van der Waals surface area contributed by atoms with Crippen molar-refractivity contribution in [2.75, 3.05) is 7.11 Å². The molecule has 2 rings (SSSR count). The summed E-state index contributed by atoms with van der Waals surface area (Å²) in [6.45, 7) is 0. The summed E-state index contributed by atoms with van der Waals surface area (Å²) in [5.74, 6) is -1.49. The van der Waals surface area contributed by atoms with Crippen molar-refractivity contribution in [3.8, 4) is 11.8 Å². The minimum absolute atomic E-state index is 0.174. The summed E-state index contributed by atoms with van der Waals surface area (Å²) in [4.78, 5) is 23.3. The van der Waals surface area contributed by atoms with E-state index in [1.807, 2.05) is 0 Å². The molecule has 0 unspecified atom stereocenters. The highest BCUT2D eigenvalue weighted by molar-refractivity contribution is 5.97. The summed E-state index contributed by atoms with van der Waals surface area (Å²) in [5.41, 5.74) is 0.976. The maximum Gasteiger partial charge on any atom is 0.348 e. The van der Waals surface area contributed by atoms with Gasteiger partial charge in [-0.3, -0.25) is 0 Å². The first-order valence-electron chi connectivity index (χ1n) is 7.47. The number of hydrogen-bond donors (Lipinski definition) is 0. The van der Waals surface area contributed by atoms with Crippen LogP contribution in [0.1, 0.15) is 11.1 Å². The molecule has 2 aromatic rings. The van der Waals surface area contributed by atoms with E-state index in [2.05, 4.69) is 4.74 Å². The average molecular weight is 351 g/mol. The van der Waals surface area contributed by atoms with E-state index in [0.29, 0.717) is 11.1 Å². The van der Waals surface area contributed by atoms with Gasteiger partial charge < -0.3 is 9.47 Å². The van der Waals surface area contributed by atoms with Gasteiger partial charge in [-0.2, -0.15) is 5.26 Å². The van der Waals surface area contributed by atoms with Crippen molar-refractivity contribution in [2.24, 2.45) is 0 Å². The molecule has 0 atom stereocenters. The number of rotatable bonds is 5. The number of esters is 2. The van der Waals surface area contributed by atoms with Crippen molar-refractivity contribution in [1.29, 1.82) is 5.26 Å². The molecule has 0 radical (unpaired) electrons. The van der Waals surface area contributed by atoms with Crippen molar-refractivity contribution < 1.29 is 23.5 Å². The van der Waals surface area contributed by atoms with Gasteiger partial charge in [0.2, 0.25) is 0 Å². The topological polar surface area (TPSA) is 76.4 Å². The fourth-order valence-electron chi connectivity index (χ4n) is 1.97. The van der Waals surface area contributed by atoms with Gasteiger partial charge in [-0.1, -0.05) is 24.3 Å². The lowest BCUT2D eigenvalue weighted by Gasteiger charge is -2.03. The molecule has 130 valence electrons. The van der Waals surface area contributed by atoms with Gasteiger partial charge in [-0.15, -0.1) is 0 Å². The molecule has 0 amide bonds. The number of methoxy groups -OCH3 is 1. The predicted octanol–water partition coefficient (Wildman–Crippen LogP) is 3.52. The minimum Gasteiger partial charge on any atom is -0.465 e. The molecule has 0 saturated heterocycles. The van der Waals surface area contributed by atoms with Crippen LogP contribution >= 0.6 is 0 Å². The highest BCUT2D eigenvalue weighted by Crippen LogP contribution is 2.17. The van der Waals surface area contributed by atoms with Crippen LogP contribution in [0.3, 0.4) is 0 Å². The van der Waals surface area contributed by atoms with Crippen LogP contribution in [-0.4, -0.2) is 19.0 Å². The molecule has 0 bridgehead atoms. The molecular formula is C20H14FNO4. The van der Waals surface area contributed by atoms with Crippen molar-refractivity contribution in [2.45, 2.75) is 0 Å². The molecule has 2 aromatic carbocycles. The first-order chi connectivity index (χ1) is 12.5. The third-order valence-electron chi connectivity index (χ3n) is 3.20. The van der Waals surface area contributed by atoms with E-state index < -0.39 is 11.9 Å². The molecule has 26 heavy (non-hydrogen) atoms. The van der Waals surface area contributed by atoms with Crippen LogP contribution in [0.15, 0.2) is 60.2 Å². The lowest BCUT2D eigenvalue weighted by Crippen LogP contribution is -2.04. The molecule has 0 aliphatic heterocycles. The zero-order chi connectivity index (χ0) is 18.9. The Bertz CT molecular complexity index is 908. The Balaban J connectivity index is 2.09. The number of hydrogen-bond acceptors (Lipinski definition) is 5. The number of carbonyl (C=O) groups is 2. The molecule has 0 spiro atoms. The maximum atomic E-state index is 12.8. The number of carbonyl (C=O) groups excluding carboxylic acids is 2. The van der Waals surface area contributed by atoms with Crippen molar-refractivity contribution in [3.05, 3.63) is 77.1 Å². The van der Waals surface area contributed by atoms with Gasteiger partial charge in [0.05, 0.1) is 7.11 Å². The van der Waals surface area contributed by atoms with E-state index in [1.165, 1.54) is 55.7 Å². The summed E-state index contributed by atoms with van der Waals surface area (Å²) >= 11 is 0. The van der Waals surface area contributed by atoms with Crippen molar-refractivity contribution >= 4 is 24.1 Å². The Labute approximate surface area is 149 Å². The van der Waals surface area contributed by atoms with Crippen LogP contribution in [0, 0.1) is 17.1 Å². The van der Waals surface area contributed by atoms with Gasteiger partial charge in [0.25, 0.3) is 0 Å². The molecule has 0 fully saturated rings. The predicted molar refractivity (Wildman–Crippen MR) is 93.1 cm³/mol. The SMILES string of the molecule is COC(=O)/C(C#N)=C/c1cccc(OC(=O)/C=C/c2ccc(F)cc2)c1. The van der Waals surface area contributed by atoms with Gasteiger partial charge in [0.1, 0.15) is 23.2 Å². The van der Waals surface area contributed by atoms with Crippen molar-refractivity contribution in [1.82, 2.24) is 0 Å². The van der Waals surface area contributed by atoms with Gasteiger partial charge in [-0.05, 0) is 47.5 Å². The quantitative estimate of drug-likeness (QED) is 0.356. The molecule has 6 heteroatoms. The van der Waals surface area contributed by atoms with Gasteiger partial charge >= 0.3 is 11.9 Å². The Morgan fingerprint density at radius 1 is 1.12 bits per heavy atom. The Kier molecular flexibility index (Phi) is 6.40. The molecule has 0 N–H and O–H groups in total. The highest BCUT2D eigenvalue weighted by atomic mass is 19.1. The number of nitrogens with zero attached hydrogens (tertiary/aromatic N) is 1. The number of halogens is 1. The normalized spacial score (nSPS) is 11.0. The molecule has 5 nitrogen and oxygen atoms in total. The molecule has 0 aliphatic rings. The van der Waals surface area contributed by atoms with Crippen molar-refractivity contribution in [3.63, 3.8) is 0 Å². The standard InChI is InChI=1S/C20H14FNO4/c1-25-20(24)16(13-22)11-15-3-2-4-18(12-15)26-19(23)10-7-14-5-8-17(21)9-6-14/h2-12H,1H3/b10-7+,16-11+. The van der Waals surface area contributed by atoms with Crippen LogP contribution in [0.4, 0.5) is 4.39 Å². The number of nitriles is 1. The smallest absolute Gasteiger partial charge is 0.348 e. The second-order valence-corrected chi connectivity index (χ2v) is 5.04. The second-order valence-electron chi connectivity index (χ2n) is 5.04. The van der Waals surface area contributed by atoms with E-state index >= 15 is 0 Å². The van der Waals surface area contributed by atoms with E-state index in [9.17, 15) is 14.0 Å². The highest BCUT2D eigenvalue weighted by Gasteiger charge is 2.09. The summed E-state index contributed by atoms with van der Waals surface area (Å²) in [7, 11) is 1.18. The largest absolute Gasteiger partial charge is 0.465 e. The number of ether oxygens (including phenoxy) is 2. The van der Waals surface area contributed by atoms with Gasteiger partial charge in [-0.25, -0.2) is 14.0 Å². The maximum absolute atomic E-state index is 12.8. The first-order valence-corrected chi connectivity index (χ1v) is 7.47. The first kappa shape index (κ1) is 18.6. The Morgan fingerprint density at radius 3 is 2.50 bits per heavy atom. The average Bonchev–Trinajstić information content (AvgIpc) is 2.65. The molecule has 0 aromatic heterocycles. The van der Waals surface area contributed by atoms with E-state index in [4.69, 9.17) is 10.00 Å². The van der Waals surface area contributed by atoms with Crippen LogP contribution in [0.5, 0.6) is 5.75 Å².